The number of nitrogens with two attached hydrogens (primary N) is 1. The zero-order chi connectivity index (χ0) is 11.5. The summed E-state index contributed by atoms with van der Waals surface area (Å²) in [5, 5.41) is 4.10. The summed E-state index contributed by atoms with van der Waals surface area (Å²) in [7, 11) is 0. The molecule has 0 atom stereocenters. The van der Waals surface area contributed by atoms with Crippen LogP contribution in [0.25, 0.3) is 11.4 Å². The normalized spacial score (nSPS) is 10.6. The highest BCUT2D eigenvalue weighted by Crippen LogP contribution is 2.20. The van der Waals surface area contributed by atoms with Crippen LogP contribution in [0.5, 0.6) is 0 Å². The lowest BCUT2D eigenvalue weighted by molar-refractivity contribution is 0.591. The van der Waals surface area contributed by atoms with Gasteiger partial charge in [-0.05, 0) is 12.5 Å². The molecule has 0 aliphatic rings. The largest absolute Gasteiger partial charge is 0.368 e. The molecule has 84 valence electrons. The lowest BCUT2D eigenvalue weighted by Gasteiger charge is -2.06. The highest BCUT2D eigenvalue weighted by Gasteiger charge is 2.12. The van der Waals surface area contributed by atoms with Crippen LogP contribution in [0.15, 0.2) is 18.5 Å². The zero-order valence-electron chi connectivity index (χ0n) is 8.89. The van der Waals surface area contributed by atoms with E-state index in [1.54, 1.807) is 16.9 Å². The van der Waals surface area contributed by atoms with Gasteiger partial charge in [0.15, 0.2) is 5.82 Å². The van der Waals surface area contributed by atoms with Gasteiger partial charge in [-0.15, -0.1) is 0 Å². The topological polar surface area (TPSA) is 69.6 Å². The van der Waals surface area contributed by atoms with Crippen molar-refractivity contribution in [3.8, 4) is 11.4 Å². The maximum absolute atomic E-state index is 13.5. The second kappa shape index (κ2) is 4.26. The molecule has 0 unspecified atom stereocenters. The fraction of sp³-hybridized carbons (Fsp3) is 0.300. The lowest BCUT2D eigenvalue weighted by Crippen LogP contribution is -2.05. The molecule has 0 saturated carbocycles. The van der Waals surface area contributed by atoms with Crippen LogP contribution >= 0.6 is 0 Å². The second-order valence-electron chi connectivity index (χ2n) is 3.36. The van der Waals surface area contributed by atoms with E-state index in [0.29, 0.717) is 12.2 Å². The van der Waals surface area contributed by atoms with Crippen LogP contribution in [0.3, 0.4) is 0 Å². The van der Waals surface area contributed by atoms with E-state index in [-0.39, 0.29) is 11.6 Å². The van der Waals surface area contributed by atoms with Gasteiger partial charge in [-0.1, -0.05) is 6.92 Å². The number of hydrogen-bond donors (Lipinski definition) is 1. The number of nitrogen functional groups attached to an aromatic ring is 1. The van der Waals surface area contributed by atoms with E-state index in [1.807, 2.05) is 6.92 Å². The number of aromatic nitrogens is 4. The Labute approximate surface area is 92.1 Å². The first-order valence-corrected chi connectivity index (χ1v) is 5.02. The molecule has 2 N–H and O–H groups in total. The van der Waals surface area contributed by atoms with Gasteiger partial charge in [0.1, 0.15) is 5.69 Å². The van der Waals surface area contributed by atoms with E-state index >= 15 is 0 Å². The standard InChI is InChI=1S/C10H12FN5/c1-2-5-16-8(3-4-14-16)9-7(11)6-13-10(12)15-9/h3-4,6H,2,5H2,1H3,(H2,12,13,15). The average Bonchev–Trinajstić information content (AvgIpc) is 2.70. The summed E-state index contributed by atoms with van der Waals surface area (Å²) in [4.78, 5) is 7.48. The Kier molecular flexibility index (Phi) is 2.80. The van der Waals surface area contributed by atoms with Crippen molar-refractivity contribution in [2.24, 2.45) is 0 Å². The molecular formula is C10H12FN5. The van der Waals surface area contributed by atoms with Crippen molar-refractivity contribution in [2.75, 3.05) is 5.73 Å². The Hall–Kier alpha value is -1.98. The molecule has 2 heterocycles. The Morgan fingerprint density at radius 1 is 1.50 bits per heavy atom. The van der Waals surface area contributed by atoms with Gasteiger partial charge in [0.25, 0.3) is 0 Å². The zero-order valence-corrected chi connectivity index (χ0v) is 8.89. The maximum atomic E-state index is 13.5. The van der Waals surface area contributed by atoms with Crippen molar-refractivity contribution >= 4 is 5.95 Å². The molecule has 2 aromatic heterocycles. The molecule has 0 saturated heterocycles. The third-order valence-electron chi connectivity index (χ3n) is 2.16. The van der Waals surface area contributed by atoms with Gasteiger partial charge >= 0.3 is 0 Å². The summed E-state index contributed by atoms with van der Waals surface area (Å²) >= 11 is 0. The minimum absolute atomic E-state index is 0.0562. The molecule has 0 aliphatic heterocycles. The number of hydrogen-bond acceptors (Lipinski definition) is 4. The second-order valence-corrected chi connectivity index (χ2v) is 3.36. The van der Waals surface area contributed by atoms with Crippen LogP contribution in [-0.2, 0) is 6.54 Å². The van der Waals surface area contributed by atoms with E-state index in [4.69, 9.17) is 5.73 Å². The number of aryl methyl sites for hydroxylation is 1. The third kappa shape index (κ3) is 1.86. The monoisotopic (exact) mass is 221 g/mol. The Morgan fingerprint density at radius 3 is 3.06 bits per heavy atom. The fourth-order valence-electron chi connectivity index (χ4n) is 1.48. The van der Waals surface area contributed by atoms with Crippen LogP contribution in [0.2, 0.25) is 0 Å². The van der Waals surface area contributed by atoms with Gasteiger partial charge in [0, 0.05) is 12.7 Å². The lowest BCUT2D eigenvalue weighted by atomic mass is 10.3. The first-order chi connectivity index (χ1) is 7.72. The summed E-state index contributed by atoms with van der Waals surface area (Å²) in [6.07, 6.45) is 3.60. The van der Waals surface area contributed by atoms with Crippen LogP contribution < -0.4 is 5.73 Å². The van der Waals surface area contributed by atoms with Crippen molar-refractivity contribution in [3.05, 3.63) is 24.3 Å². The molecule has 5 nitrogen and oxygen atoms in total. The Balaban J connectivity index is 2.49. The minimum Gasteiger partial charge on any atom is -0.368 e. The van der Waals surface area contributed by atoms with E-state index in [1.165, 1.54) is 0 Å². The quantitative estimate of drug-likeness (QED) is 0.852. The highest BCUT2D eigenvalue weighted by atomic mass is 19.1. The van der Waals surface area contributed by atoms with Gasteiger partial charge in [-0.25, -0.2) is 14.4 Å². The van der Waals surface area contributed by atoms with Gasteiger partial charge < -0.3 is 5.73 Å². The van der Waals surface area contributed by atoms with Crippen molar-refractivity contribution in [1.29, 1.82) is 0 Å². The molecule has 2 rings (SSSR count). The molecule has 16 heavy (non-hydrogen) atoms. The highest BCUT2D eigenvalue weighted by molar-refractivity contribution is 5.55. The van der Waals surface area contributed by atoms with Crippen LogP contribution in [0.4, 0.5) is 10.3 Å². The van der Waals surface area contributed by atoms with Crippen LogP contribution in [-0.4, -0.2) is 19.7 Å². The van der Waals surface area contributed by atoms with Crippen LogP contribution in [0.1, 0.15) is 13.3 Å². The van der Waals surface area contributed by atoms with E-state index in [9.17, 15) is 4.39 Å². The van der Waals surface area contributed by atoms with Crippen molar-refractivity contribution in [2.45, 2.75) is 19.9 Å². The molecule has 0 fully saturated rings. The predicted molar refractivity (Wildman–Crippen MR) is 57.9 cm³/mol. The summed E-state index contributed by atoms with van der Waals surface area (Å²) in [6, 6.07) is 1.71. The number of rotatable bonds is 3. The molecule has 0 bridgehead atoms. The molecular weight excluding hydrogens is 209 g/mol. The fourth-order valence-corrected chi connectivity index (χ4v) is 1.48. The van der Waals surface area contributed by atoms with Gasteiger partial charge in [0.2, 0.25) is 5.95 Å². The van der Waals surface area contributed by atoms with E-state index < -0.39 is 5.82 Å². The Bertz CT molecular complexity index is 494. The molecule has 0 radical (unpaired) electrons. The molecule has 0 aliphatic carbocycles. The van der Waals surface area contributed by atoms with Gasteiger partial charge in [-0.3, -0.25) is 4.68 Å². The number of anilines is 1. The van der Waals surface area contributed by atoms with Crippen molar-refractivity contribution in [1.82, 2.24) is 19.7 Å². The molecule has 0 aromatic carbocycles. The first kappa shape index (κ1) is 10.5. The minimum atomic E-state index is -0.493. The summed E-state index contributed by atoms with van der Waals surface area (Å²) in [5.74, 6) is -0.437. The molecule has 6 heteroatoms. The molecule has 0 spiro atoms. The molecule has 2 aromatic rings. The number of halogens is 1. The number of nitrogens with zero attached hydrogens (tertiary/aromatic N) is 4. The first-order valence-electron chi connectivity index (χ1n) is 5.02. The van der Waals surface area contributed by atoms with Crippen molar-refractivity contribution < 1.29 is 4.39 Å². The summed E-state index contributed by atoms with van der Waals surface area (Å²) in [5.41, 5.74) is 6.25. The summed E-state index contributed by atoms with van der Waals surface area (Å²) < 4.78 is 15.2. The van der Waals surface area contributed by atoms with Gasteiger partial charge in [-0.2, -0.15) is 5.10 Å². The smallest absolute Gasteiger partial charge is 0.220 e. The van der Waals surface area contributed by atoms with Gasteiger partial charge in [0.05, 0.1) is 11.9 Å². The third-order valence-corrected chi connectivity index (χ3v) is 2.16. The Morgan fingerprint density at radius 2 is 2.31 bits per heavy atom. The summed E-state index contributed by atoms with van der Waals surface area (Å²) in [6.45, 7) is 2.74. The maximum Gasteiger partial charge on any atom is 0.220 e. The molecule has 0 amide bonds. The van der Waals surface area contributed by atoms with E-state index in [0.717, 1.165) is 12.6 Å². The predicted octanol–water partition coefficient (Wildman–Crippen LogP) is 1.47. The SMILES string of the molecule is CCCn1nccc1-c1nc(N)ncc1F. The van der Waals surface area contributed by atoms with Crippen LogP contribution in [0, 0.1) is 5.82 Å². The van der Waals surface area contributed by atoms with E-state index in [2.05, 4.69) is 15.1 Å². The average molecular weight is 221 g/mol. The van der Waals surface area contributed by atoms with Crippen molar-refractivity contribution in [3.63, 3.8) is 0 Å².